The minimum Gasteiger partial charge on any atom is -0.357 e. The van der Waals surface area contributed by atoms with Crippen LogP contribution < -0.4 is 10.6 Å². The standard InChI is InChI=1S/C17H27ClN4O2S/c1-4-19-17(21-15-9-10-25(23,24)12-15)20-11-16(22(2)3)13-5-7-14(18)8-6-13/h5-8,15-16H,4,9-12H2,1-3H3,(H2,19,20,21). The molecule has 2 N–H and O–H groups in total. The second kappa shape index (κ2) is 8.87. The van der Waals surface area contributed by atoms with E-state index in [0.717, 1.165) is 12.1 Å². The first-order valence-electron chi connectivity index (χ1n) is 8.48. The highest BCUT2D eigenvalue weighted by atomic mass is 35.5. The molecule has 0 radical (unpaired) electrons. The monoisotopic (exact) mass is 386 g/mol. The summed E-state index contributed by atoms with van der Waals surface area (Å²) in [5, 5.41) is 7.15. The highest BCUT2D eigenvalue weighted by Crippen LogP contribution is 2.21. The Balaban J connectivity index is 2.08. The van der Waals surface area contributed by atoms with Crippen molar-refractivity contribution in [2.75, 3.05) is 38.7 Å². The summed E-state index contributed by atoms with van der Waals surface area (Å²) in [6.45, 7) is 3.27. The van der Waals surface area contributed by atoms with E-state index in [1.54, 1.807) is 0 Å². The van der Waals surface area contributed by atoms with Crippen LogP contribution in [-0.4, -0.2) is 64.0 Å². The van der Waals surface area contributed by atoms with Crippen molar-refractivity contribution < 1.29 is 8.42 Å². The lowest BCUT2D eigenvalue weighted by atomic mass is 10.1. The van der Waals surface area contributed by atoms with Crippen LogP contribution in [0.15, 0.2) is 29.3 Å². The van der Waals surface area contributed by atoms with Gasteiger partial charge in [-0.25, -0.2) is 8.42 Å². The Kier molecular flexibility index (Phi) is 7.10. The fourth-order valence-electron chi connectivity index (χ4n) is 2.85. The zero-order valence-electron chi connectivity index (χ0n) is 15.0. The molecule has 1 aromatic carbocycles. The second-order valence-electron chi connectivity index (χ2n) is 6.49. The maximum absolute atomic E-state index is 11.6. The maximum Gasteiger partial charge on any atom is 0.191 e. The highest BCUT2D eigenvalue weighted by Gasteiger charge is 2.28. The van der Waals surface area contributed by atoms with E-state index < -0.39 is 9.84 Å². The molecule has 0 saturated carbocycles. The Morgan fingerprint density at radius 1 is 1.36 bits per heavy atom. The molecule has 1 aliphatic heterocycles. The van der Waals surface area contributed by atoms with Crippen LogP contribution in [0.1, 0.15) is 24.9 Å². The zero-order valence-corrected chi connectivity index (χ0v) is 16.6. The third-order valence-corrected chi connectivity index (χ3v) is 6.24. The molecular formula is C17H27ClN4O2S. The summed E-state index contributed by atoms with van der Waals surface area (Å²) in [6.07, 6.45) is 0.626. The number of hydrogen-bond acceptors (Lipinski definition) is 4. The van der Waals surface area contributed by atoms with Crippen molar-refractivity contribution in [3.05, 3.63) is 34.9 Å². The number of nitrogens with one attached hydrogen (secondary N) is 2. The summed E-state index contributed by atoms with van der Waals surface area (Å²) in [5.41, 5.74) is 1.14. The van der Waals surface area contributed by atoms with Gasteiger partial charge in [-0.05, 0) is 45.1 Å². The van der Waals surface area contributed by atoms with Crippen molar-refractivity contribution >= 4 is 27.4 Å². The highest BCUT2D eigenvalue weighted by molar-refractivity contribution is 7.91. The molecule has 2 atom stereocenters. The lowest BCUT2D eigenvalue weighted by Crippen LogP contribution is -2.44. The number of benzene rings is 1. The minimum atomic E-state index is -2.91. The number of hydrogen-bond donors (Lipinski definition) is 2. The number of rotatable bonds is 6. The molecule has 0 aromatic heterocycles. The van der Waals surface area contributed by atoms with Crippen molar-refractivity contribution in [1.29, 1.82) is 0 Å². The Hall–Kier alpha value is -1.31. The lowest BCUT2D eigenvalue weighted by molar-refractivity contribution is 0.306. The summed E-state index contributed by atoms with van der Waals surface area (Å²) in [7, 11) is 1.11. The Bertz CT molecular complexity index is 689. The molecule has 1 aromatic rings. The molecule has 1 saturated heterocycles. The van der Waals surface area contributed by atoms with E-state index in [-0.39, 0.29) is 23.6 Å². The third-order valence-electron chi connectivity index (χ3n) is 4.22. The first kappa shape index (κ1) is 20.0. The average Bonchev–Trinajstić information content (AvgIpc) is 2.88. The molecule has 2 rings (SSSR count). The van der Waals surface area contributed by atoms with E-state index in [9.17, 15) is 8.42 Å². The minimum absolute atomic E-state index is 0.0730. The van der Waals surface area contributed by atoms with Crippen LogP contribution in [0.3, 0.4) is 0 Å². The van der Waals surface area contributed by atoms with Gasteiger partial charge >= 0.3 is 0 Å². The molecule has 0 aliphatic carbocycles. The molecule has 6 nitrogen and oxygen atoms in total. The number of aliphatic imine (C=N–C) groups is 1. The Morgan fingerprint density at radius 3 is 2.56 bits per heavy atom. The molecule has 25 heavy (non-hydrogen) atoms. The molecule has 140 valence electrons. The van der Waals surface area contributed by atoms with Crippen molar-refractivity contribution in [1.82, 2.24) is 15.5 Å². The van der Waals surface area contributed by atoms with E-state index in [1.165, 1.54) is 0 Å². The van der Waals surface area contributed by atoms with Gasteiger partial charge in [-0.15, -0.1) is 0 Å². The summed E-state index contributed by atoms with van der Waals surface area (Å²) in [6, 6.07) is 7.81. The third kappa shape index (κ3) is 6.17. The van der Waals surface area contributed by atoms with Crippen LogP contribution in [0.4, 0.5) is 0 Å². The lowest BCUT2D eigenvalue weighted by Gasteiger charge is -2.24. The van der Waals surface area contributed by atoms with E-state index >= 15 is 0 Å². The number of halogens is 1. The largest absolute Gasteiger partial charge is 0.357 e. The van der Waals surface area contributed by atoms with Crippen molar-refractivity contribution in [3.8, 4) is 0 Å². The number of guanidine groups is 1. The predicted octanol–water partition coefficient (Wildman–Crippen LogP) is 1.68. The summed E-state index contributed by atoms with van der Waals surface area (Å²) in [4.78, 5) is 6.78. The molecule has 0 spiro atoms. The molecule has 1 aliphatic rings. The first-order valence-corrected chi connectivity index (χ1v) is 10.7. The van der Waals surface area contributed by atoms with Crippen LogP contribution in [0, 0.1) is 0 Å². The van der Waals surface area contributed by atoms with E-state index in [4.69, 9.17) is 11.6 Å². The van der Waals surface area contributed by atoms with Gasteiger partial charge in [-0.3, -0.25) is 4.99 Å². The van der Waals surface area contributed by atoms with Gasteiger partial charge in [0.15, 0.2) is 15.8 Å². The predicted molar refractivity (Wildman–Crippen MR) is 104 cm³/mol. The summed E-state index contributed by atoms with van der Waals surface area (Å²) >= 11 is 5.97. The van der Waals surface area contributed by atoms with Crippen molar-refractivity contribution in [2.45, 2.75) is 25.4 Å². The fourth-order valence-corrected chi connectivity index (χ4v) is 4.65. The quantitative estimate of drug-likeness (QED) is 0.575. The zero-order chi connectivity index (χ0) is 18.4. The van der Waals surface area contributed by atoms with Gasteiger partial charge in [0.2, 0.25) is 0 Å². The molecule has 8 heteroatoms. The second-order valence-corrected chi connectivity index (χ2v) is 9.16. The van der Waals surface area contributed by atoms with Crippen LogP contribution in [0.2, 0.25) is 5.02 Å². The van der Waals surface area contributed by atoms with Crippen molar-refractivity contribution in [3.63, 3.8) is 0 Å². The normalized spacial score (nSPS) is 21.3. The van der Waals surface area contributed by atoms with Gasteiger partial charge in [-0.2, -0.15) is 0 Å². The van der Waals surface area contributed by atoms with Crippen LogP contribution in [0.25, 0.3) is 0 Å². The molecule has 0 bridgehead atoms. The van der Waals surface area contributed by atoms with Gasteiger partial charge < -0.3 is 15.5 Å². The number of sulfone groups is 1. The van der Waals surface area contributed by atoms with Gasteiger partial charge in [-0.1, -0.05) is 23.7 Å². The summed E-state index contributed by atoms with van der Waals surface area (Å²) in [5.74, 6) is 1.08. The van der Waals surface area contributed by atoms with Crippen LogP contribution in [0.5, 0.6) is 0 Å². The van der Waals surface area contributed by atoms with Gasteiger partial charge in [0, 0.05) is 17.6 Å². The number of nitrogens with zero attached hydrogens (tertiary/aromatic N) is 2. The van der Waals surface area contributed by atoms with Crippen molar-refractivity contribution in [2.24, 2.45) is 4.99 Å². The topological polar surface area (TPSA) is 73.8 Å². The van der Waals surface area contributed by atoms with E-state index in [0.29, 0.717) is 23.9 Å². The van der Waals surface area contributed by atoms with Gasteiger partial charge in [0.1, 0.15) is 0 Å². The first-order chi connectivity index (χ1) is 11.8. The SMILES string of the molecule is CCNC(=NCC(c1ccc(Cl)cc1)N(C)C)NC1CCS(=O)(=O)C1. The van der Waals surface area contributed by atoms with E-state index in [2.05, 4.69) is 20.5 Å². The molecule has 1 heterocycles. The average molecular weight is 387 g/mol. The molecular weight excluding hydrogens is 360 g/mol. The fraction of sp³-hybridized carbons (Fsp3) is 0.588. The maximum atomic E-state index is 11.6. The Labute approximate surface area is 155 Å². The number of likely N-dealkylation sites (N-methyl/N-ethyl adjacent to an activating group) is 1. The van der Waals surface area contributed by atoms with Crippen LogP contribution >= 0.6 is 11.6 Å². The smallest absolute Gasteiger partial charge is 0.191 e. The van der Waals surface area contributed by atoms with Crippen LogP contribution in [-0.2, 0) is 9.84 Å². The molecule has 2 unspecified atom stereocenters. The van der Waals surface area contributed by atoms with Gasteiger partial charge in [0.05, 0.1) is 24.1 Å². The summed E-state index contributed by atoms with van der Waals surface area (Å²) < 4.78 is 23.3. The molecule has 0 amide bonds. The Morgan fingerprint density at radius 2 is 2.04 bits per heavy atom. The van der Waals surface area contributed by atoms with E-state index in [1.807, 2.05) is 45.3 Å². The molecule has 1 fully saturated rings. The van der Waals surface area contributed by atoms with Gasteiger partial charge in [0.25, 0.3) is 0 Å².